The molecule has 0 bridgehead atoms. The number of amides is 1. The summed E-state index contributed by atoms with van der Waals surface area (Å²) < 4.78 is 28.9. The highest BCUT2D eigenvalue weighted by molar-refractivity contribution is 7.91. The number of pyridine rings is 1. The maximum absolute atomic E-state index is 13.2. The highest BCUT2D eigenvalue weighted by atomic mass is 35.5. The van der Waals surface area contributed by atoms with E-state index >= 15 is 0 Å². The van der Waals surface area contributed by atoms with E-state index in [1.807, 2.05) is 32.0 Å². The van der Waals surface area contributed by atoms with Crippen molar-refractivity contribution >= 4 is 49.0 Å². The van der Waals surface area contributed by atoms with E-state index in [0.29, 0.717) is 5.02 Å². The third-order valence-corrected chi connectivity index (χ3v) is 9.52. The predicted octanol–water partition coefficient (Wildman–Crippen LogP) is 4.17. The lowest BCUT2D eigenvalue weighted by molar-refractivity contribution is 0.0685. The van der Waals surface area contributed by atoms with Crippen LogP contribution in [0.4, 0.5) is 0 Å². The van der Waals surface area contributed by atoms with E-state index in [4.69, 9.17) is 11.6 Å². The monoisotopic (exact) mass is 527 g/mol. The molecule has 1 aromatic carbocycles. The molecule has 0 saturated carbocycles. The van der Waals surface area contributed by atoms with Crippen molar-refractivity contribution < 1.29 is 13.2 Å². The Morgan fingerprint density at radius 3 is 2.26 bits per heavy atom. The van der Waals surface area contributed by atoms with Crippen molar-refractivity contribution in [1.82, 2.24) is 24.2 Å². The van der Waals surface area contributed by atoms with E-state index in [1.165, 1.54) is 15.6 Å². The Morgan fingerprint density at radius 1 is 0.943 bits per heavy atom. The summed E-state index contributed by atoms with van der Waals surface area (Å²) in [6.45, 7) is 4.79. The first-order valence-electron chi connectivity index (χ1n) is 11.0. The second kappa shape index (κ2) is 9.27. The number of rotatable bonds is 4. The number of piperazine rings is 1. The van der Waals surface area contributed by atoms with Gasteiger partial charge in [0.05, 0.1) is 0 Å². The number of carbonyl (C=O) groups excluding carboxylic acids is 1. The van der Waals surface area contributed by atoms with E-state index in [1.54, 1.807) is 35.5 Å². The Bertz CT molecular complexity index is 1510. The number of nitrogens with zero attached hydrogens (tertiary/aromatic N) is 5. The summed E-state index contributed by atoms with van der Waals surface area (Å²) in [5, 5.41) is 1.40. The van der Waals surface area contributed by atoms with Gasteiger partial charge in [0.25, 0.3) is 15.9 Å². The van der Waals surface area contributed by atoms with Crippen LogP contribution in [0.5, 0.6) is 0 Å². The van der Waals surface area contributed by atoms with Crippen molar-refractivity contribution in [2.45, 2.75) is 18.1 Å². The van der Waals surface area contributed by atoms with Gasteiger partial charge in [-0.15, -0.1) is 11.3 Å². The average Bonchev–Trinajstić information content (AvgIpc) is 3.27. The maximum Gasteiger partial charge on any atom is 0.291 e. The number of aryl methyl sites for hydroxylation is 2. The molecule has 1 fully saturated rings. The molecular formula is C24H22ClN5O3S2. The summed E-state index contributed by atoms with van der Waals surface area (Å²) in [6.07, 6.45) is 3.26. The molecule has 1 amide bonds. The quantitative estimate of drug-likeness (QED) is 0.395. The first-order valence-corrected chi connectivity index (χ1v) is 13.6. The van der Waals surface area contributed by atoms with Gasteiger partial charge in [0.1, 0.15) is 4.21 Å². The number of fused-ring (bicyclic) bond motifs is 1. The van der Waals surface area contributed by atoms with Crippen LogP contribution in [0.15, 0.2) is 53.0 Å². The van der Waals surface area contributed by atoms with E-state index in [9.17, 15) is 13.2 Å². The summed E-state index contributed by atoms with van der Waals surface area (Å²) in [4.78, 5) is 27.4. The molecule has 1 aliphatic rings. The van der Waals surface area contributed by atoms with Crippen LogP contribution < -0.4 is 0 Å². The van der Waals surface area contributed by atoms with Crippen molar-refractivity contribution in [3.8, 4) is 11.1 Å². The number of halogens is 1. The van der Waals surface area contributed by atoms with Gasteiger partial charge in [-0.05, 0) is 55.1 Å². The molecule has 0 radical (unpaired) electrons. The zero-order valence-electron chi connectivity index (χ0n) is 19.1. The van der Waals surface area contributed by atoms with Crippen molar-refractivity contribution in [2.75, 3.05) is 26.2 Å². The summed E-state index contributed by atoms with van der Waals surface area (Å²) in [7, 11) is -3.66. The zero-order chi connectivity index (χ0) is 24.7. The molecule has 0 spiro atoms. The van der Waals surface area contributed by atoms with Crippen molar-refractivity contribution in [1.29, 1.82) is 0 Å². The second-order valence-corrected chi connectivity index (χ2v) is 12.1. The summed E-state index contributed by atoms with van der Waals surface area (Å²) >= 11 is 7.23. The van der Waals surface area contributed by atoms with E-state index < -0.39 is 10.0 Å². The van der Waals surface area contributed by atoms with E-state index in [2.05, 4.69) is 15.0 Å². The van der Waals surface area contributed by atoms with Crippen LogP contribution >= 0.6 is 22.9 Å². The Kier molecular flexibility index (Phi) is 6.30. The molecule has 4 aromatic rings. The van der Waals surface area contributed by atoms with Gasteiger partial charge < -0.3 is 4.90 Å². The number of thiophene rings is 1. The third kappa shape index (κ3) is 4.79. The SMILES string of the molecule is Cc1cc(-c2cnc(C(=O)N3CCN(S(=O)(=O)c4cc5ccc(Cl)cc5s4)CC3)nc2)cc(C)n1. The number of aromatic nitrogens is 3. The maximum atomic E-state index is 13.2. The molecule has 1 saturated heterocycles. The van der Waals surface area contributed by atoms with Gasteiger partial charge in [0, 0.05) is 65.2 Å². The van der Waals surface area contributed by atoms with Gasteiger partial charge >= 0.3 is 0 Å². The molecule has 5 rings (SSSR count). The van der Waals surface area contributed by atoms with Crippen molar-refractivity contribution in [3.63, 3.8) is 0 Å². The van der Waals surface area contributed by atoms with Crippen LogP contribution in [0.2, 0.25) is 5.02 Å². The molecule has 1 aliphatic heterocycles. The number of hydrogen-bond acceptors (Lipinski definition) is 7. The van der Waals surface area contributed by atoms with Gasteiger partial charge in [0.15, 0.2) is 0 Å². The van der Waals surface area contributed by atoms with Crippen LogP contribution in [-0.2, 0) is 10.0 Å². The molecule has 8 nitrogen and oxygen atoms in total. The second-order valence-electron chi connectivity index (χ2n) is 8.38. The minimum atomic E-state index is -3.66. The molecular weight excluding hydrogens is 506 g/mol. The van der Waals surface area contributed by atoms with Crippen molar-refractivity contribution in [3.05, 3.63) is 71.0 Å². The van der Waals surface area contributed by atoms with Gasteiger partial charge in [-0.1, -0.05) is 17.7 Å². The molecule has 4 heterocycles. The standard InChI is InChI=1S/C24H22ClN5O3S2/c1-15-9-18(10-16(2)28-15)19-13-26-23(27-14-19)24(31)29-5-7-30(8-6-29)35(32,33)22-11-17-3-4-20(25)12-21(17)34-22/h3-4,9-14H,5-8H2,1-2H3. The third-order valence-electron chi connectivity index (χ3n) is 5.84. The molecule has 0 aliphatic carbocycles. The highest BCUT2D eigenvalue weighted by Crippen LogP contribution is 2.33. The summed E-state index contributed by atoms with van der Waals surface area (Å²) in [5.74, 6) is -0.221. The number of carbonyl (C=O) groups is 1. The van der Waals surface area contributed by atoms with E-state index in [0.717, 1.165) is 32.6 Å². The molecule has 0 atom stereocenters. The van der Waals surface area contributed by atoms with Gasteiger partial charge in [-0.25, -0.2) is 18.4 Å². The van der Waals surface area contributed by atoms with Gasteiger partial charge in [-0.3, -0.25) is 9.78 Å². The molecule has 11 heteroatoms. The smallest absolute Gasteiger partial charge is 0.291 e. The molecule has 35 heavy (non-hydrogen) atoms. The van der Waals surface area contributed by atoms with Crippen LogP contribution in [0.25, 0.3) is 21.2 Å². The number of sulfonamides is 1. The fraction of sp³-hybridized carbons (Fsp3) is 0.250. The average molecular weight is 528 g/mol. The lowest BCUT2D eigenvalue weighted by Crippen LogP contribution is -2.50. The minimum absolute atomic E-state index is 0.0916. The normalized spacial score (nSPS) is 15.0. The minimum Gasteiger partial charge on any atom is -0.333 e. The fourth-order valence-electron chi connectivity index (χ4n) is 4.10. The largest absolute Gasteiger partial charge is 0.333 e. The van der Waals surface area contributed by atoms with Crippen molar-refractivity contribution in [2.24, 2.45) is 0 Å². The zero-order valence-corrected chi connectivity index (χ0v) is 21.5. The Hall–Kier alpha value is -2.92. The first kappa shape index (κ1) is 23.8. The Labute approximate surface area is 212 Å². The van der Waals surface area contributed by atoms with Gasteiger partial charge in [0.2, 0.25) is 5.82 Å². The number of benzene rings is 1. The van der Waals surface area contributed by atoms with Gasteiger partial charge in [-0.2, -0.15) is 4.31 Å². The first-order chi connectivity index (χ1) is 16.7. The van der Waals surface area contributed by atoms with Crippen LogP contribution in [0.1, 0.15) is 22.0 Å². The van der Waals surface area contributed by atoms with Crippen LogP contribution in [0, 0.1) is 13.8 Å². The Balaban J connectivity index is 1.26. The summed E-state index contributed by atoms with van der Waals surface area (Å²) in [6, 6.07) is 10.9. The molecule has 3 aromatic heterocycles. The lowest BCUT2D eigenvalue weighted by atomic mass is 10.1. The Morgan fingerprint density at radius 2 is 1.60 bits per heavy atom. The molecule has 0 N–H and O–H groups in total. The highest BCUT2D eigenvalue weighted by Gasteiger charge is 2.32. The molecule has 0 unspecified atom stereocenters. The predicted molar refractivity (Wildman–Crippen MR) is 136 cm³/mol. The summed E-state index contributed by atoms with van der Waals surface area (Å²) in [5.41, 5.74) is 3.53. The molecule has 180 valence electrons. The van der Waals surface area contributed by atoms with Crippen LogP contribution in [0.3, 0.4) is 0 Å². The number of hydrogen-bond donors (Lipinski definition) is 0. The van der Waals surface area contributed by atoms with E-state index in [-0.39, 0.29) is 42.1 Å². The van der Waals surface area contributed by atoms with Crippen LogP contribution in [-0.4, -0.2) is 64.7 Å². The topological polar surface area (TPSA) is 96.4 Å². The lowest BCUT2D eigenvalue weighted by Gasteiger charge is -2.33. The fourth-order valence-corrected chi connectivity index (χ4v) is 7.35.